The molecule has 0 aliphatic rings. The van der Waals surface area contributed by atoms with Gasteiger partial charge in [0.15, 0.2) is 0 Å². The van der Waals surface area contributed by atoms with Crippen LogP contribution < -0.4 is 0 Å². The van der Waals surface area contributed by atoms with E-state index in [2.05, 4.69) is 0 Å². The van der Waals surface area contributed by atoms with Gasteiger partial charge in [-0.05, 0) is 5.56 Å². The van der Waals surface area contributed by atoms with Gasteiger partial charge in [-0.25, -0.2) is 4.79 Å². The van der Waals surface area contributed by atoms with Crippen molar-refractivity contribution >= 4 is 35.1 Å². The van der Waals surface area contributed by atoms with E-state index in [0.29, 0.717) is 10.5 Å². The van der Waals surface area contributed by atoms with Crippen molar-refractivity contribution < 1.29 is 27.9 Å². The van der Waals surface area contributed by atoms with Crippen LogP contribution in [-0.4, -0.2) is 38.9 Å². The Hall–Kier alpha value is -1.47. The molecule has 0 fully saturated rings. The van der Waals surface area contributed by atoms with E-state index in [1.54, 1.807) is 30.3 Å². The molecule has 0 aliphatic heterocycles. The highest BCUT2D eigenvalue weighted by Crippen LogP contribution is 2.34. The quantitative estimate of drug-likeness (QED) is 0.588. The normalized spacial score (nSPS) is 14.1. The van der Waals surface area contributed by atoms with Crippen molar-refractivity contribution in [3.8, 4) is 0 Å². The molecule has 9 heteroatoms. The number of nitrogens with zero attached hydrogens (tertiary/aromatic N) is 1. The maximum absolute atomic E-state index is 12.4. The van der Waals surface area contributed by atoms with Gasteiger partial charge in [0, 0.05) is 19.4 Å². The molecule has 1 unspecified atom stereocenters. The van der Waals surface area contributed by atoms with E-state index in [4.69, 9.17) is 23.2 Å². The molecule has 0 heterocycles. The second-order valence-corrected chi connectivity index (χ2v) is 5.67. The van der Waals surface area contributed by atoms with Crippen molar-refractivity contribution in [2.75, 3.05) is 5.88 Å². The number of hydrogen-bond donors (Lipinski definition) is 1. The Kier molecular flexibility index (Phi) is 6.70. The van der Waals surface area contributed by atoms with Crippen LogP contribution in [0.5, 0.6) is 0 Å². The van der Waals surface area contributed by atoms with Crippen LogP contribution in [0.2, 0.25) is 0 Å². The molecule has 0 saturated carbocycles. The molecule has 0 aliphatic carbocycles. The summed E-state index contributed by atoms with van der Waals surface area (Å²) in [6, 6.07) is 8.18. The van der Waals surface area contributed by atoms with Gasteiger partial charge in [0.05, 0.1) is 0 Å². The van der Waals surface area contributed by atoms with Crippen molar-refractivity contribution in [3.63, 3.8) is 0 Å². The minimum atomic E-state index is -4.60. The molecule has 1 atom stereocenters. The molecule has 23 heavy (non-hydrogen) atoms. The summed E-state index contributed by atoms with van der Waals surface area (Å²) >= 11 is 11.4. The highest BCUT2D eigenvalue weighted by atomic mass is 35.5. The fourth-order valence-corrected chi connectivity index (χ4v) is 2.31. The number of hydrogen-bond acceptors (Lipinski definition) is 2. The Morgan fingerprint density at radius 3 is 2.13 bits per heavy atom. The van der Waals surface area contributed by atoms with Gasteiger partial charge in [0.2, 0.25) is 10.9 Å². The second-order valence-electron chi connectivity index (χ2n) is 4.78. The minimum Gasteiger partial charge on any atom is -0.479 e. The van der Waals surface area contributed by atoms with E-state index in [1.807, 2.05) is 0 Å². The lowest BCUT2D eigenvalue weighted by Crippen LogP contribution is -2.53. The van der Waals surface area contributed by atoms with Crippen LogP contribution in [0.15, 0.2) is 30.3 Å². The molecule has 0 aromatic heterocycles. The smallest absolute Gasteiger partial charge is 0.389 e. The number of carboxylic acid groups (broad SMARTS) is 1. The van der Waals surface area contributed by atoms with Gasteiger partial charge in [-0.2, -0.15) is 13.2 Å². The largest absolute Gasteiger partial charge is 0.479 e. The number of aliphatic carboxylic acids is 1. The zero-order valence-corrected chi connectivity index (χ0v) is 13.3. The molecule has 1 aromatic carbocycles. The van der Waals surface area contributed by atoms with Gasteiger partial charge in [-0.3, -0.25) is 4.79 Å². The minimum absolute atomic E-state index is 0.264. The number of amides is 1. The van der Waals surface area contributed by atoms with Gasteiger partial charge in [0.1, 0.15) is 5.88 Å². The Bertz CT molecular complexity index is 554. The predicted molar refractivity (Wildman–Crippen MR) is 79.2 cm³/mol. The van der Waals surface area contributed by atoms with E-state index in [1.165, 1.54) is 0 Å². The average Bonchev–Trinajstić information content (AvgIpc) is 2.49. The first-order valence-corrected chi connectivity index (χ1v) is 7.41. The first-order valence-electron chi connectivity index (χ1n) is 6.49. The molecule has 0 radical (unpaired) electrons. The Morgan fingerprint density at radius 2 is 1.70 bits per heavy atom. The van der Waals surface area contributed by atoms with E-state index in [9.17, 15) is 27.9 Å². The number of alkyl halides is 5. The summed E-state index contributed by atoms with van der Waals surface area (Å²) in [5.74, 6) is -3.20. The average molecular weight is 372 g/mol. The van der Waals surface area contributed by atoms with E-state index >= 15 is 0 Å². The molecule has 1 N–H and O–H groups in total. The number of carbonyl (C=O) groups excluding carboxylic acids is 1. The first-order chi connectivity index (χ1) is 10.6. The first kappa shape index (κ1) is 19.6. The molecule has 128 valence electrons. The Balaban J connectivity index is 3.12. The SMILES string of the molecule is O=C(CCl)N(Cc1ccccc1)C(Cl)(CCC(F)(F)F)C(=O)O. The van der Waals surface area contributed by atoms with E-state index in [0.717, 1.165) is 0 Å². The van der Waals surface area contributed by atoms with Gasteiger partial charge in [-0.1, -0.05) is 41.9 Å². The topological polar surface area (TPSA) is 57.6 Å². The summed E-state index contributed by atoms with van der Waals surface area (Å²) in [6.45, 7) is -0.264. The zero-order valence-electron chi connectivity index (χ0n) is 11.8. The van der Waals surface area contributed by atoms with E-state index < -0.39 is 41.8 Å². The molecule has 1 aromatic rings. The van der Waals surface area contributed by atoms with Crippen LogP contribution in [0.1, 0.15) is 18.4 Å². The Labute approximate surface area is 140 Å². The van der Waals surface area contributed by atoms with Crippen molar-refractivity contribution in [1.82, 2.24) is 4.90 Å². The Morgan fingerprint density at radius 1 is 1.13 bits per heavy atom. The van der Waals surface area contributed by atoms with Crippen LogP contribution in [0.3, 0.4) is 0 Å². The third-order valence-electron chi connectivity index (χ3n) is 3.09. The lowest BCUT2D eigenvalue weighted by molar-refractivity contribution is -0.160. The van der Waals surface area contributed by atoms with Gasteiger partial charge in [0.25, 0.3) is 0 Å². The maximum Gasteiger partial charge on any atom is 0.389 e. The second kappa shape index (κ2) is 7.88. The third kappa shape index (κ3) is 5.58. The summed E-state index contributed by atoms with van der Waals surface area (Å²) in [6.07, 6.45) is -7.02. The molecule has 0 bridgehead atoms. The number of carboxylic acids is 1. The zero-order chi connectivity index (χ0) is 17.7. The van der Waals surface area contributed by atoms with Crippen molar-refractivity contribution in [3.05, 3.63) is 35.9 Å². The lowest BCUT2D eigenvalue weighted by Gasteiger charge is -2.36. The van der Waals surface area contributed by atoms with Gasteiger partial charge < -0.3 is 10.0 Å². The van der Waals surface area contributed by atoms with Crippen LogP contribution >= 0.6 is 23.2 Å². The number of benzene rings is 1. The lowest BCUT2D eigenvalue weighted by atomic mass is 10.1. The van der Waals surface area contributed by atoms with Crippen molar-refractivity contribution in [1.29, 1.82) is 0 Å². The van der Waals surface area contributed by atoms with Crippen LogP contribution in [0.4, 0.5) is 13.2 Å². The van der Waals surface area contributed by atoms with Crippen LogP contribution in [-0.2, 0) is 16.1 Å². The summed E-state index contributed by atoms with van der Waals surface area (Å²) in [5, 5.41) is 9.29. The van der Waals surface area contributed by atoms with Gasteiger partial charge in [-0.15, -0.1) is 11.6 Å². The number of rotatable bonds is 7. The fraction of sp³-hybridized carbons (Fsp3) is 0.429. The standard InChI is InChI=1S/C14H14Cl2F3NO3/c15-8-11(21)20(9-10-4-2-1-3-5-10)13(16,12(22)23)6-7-14(17,18)19/h1-5H,6-9H2,(H,22,23). The molecule has 0 saturated heterocycles. The number of carbonyl (C=O) groups is 2. The summed E-state index contributed by atoms with van der Waals surface area (Å²) in [5.41, 5.74) is 0.518. The highest BCUT2D eigenvalue weighted by molar-refractivity contribution is 6.35. The number of halogens is 5. The maximum atomic E-state index is 12.4. The monoisotopic (exact) mass is 371 g/mol. The summed E-state index contributed by atoms with van der Waals surface area (Å²) in [7, 11) is 0. The van der Waals surface area contributed by atoms with Crippen molar-refractivity contribution in [2.45, 2.75) is 30.6 Å². The fourth-order valence-electron chi connectivity index (χ4n) is 1.91. The van der Waals surface area contributed by atoms with Gasteiger partial charge >= 0.3 is 12.1 Å². The third-order valence-corrected chi connectivity index (χ3v) is 3.88. The highest BCUT2D eigenvalue weighted by Gasteiger charge is 2.47. The van der Waals surface area contributed by atoms with E-state index in [-0.39, 0.29) is 6.54 Å². The molecular formula is C14H14Cl2F3NO3. The predicted octanol–water partition coefficient (Wildman–Crippen LogP) is 3.62. The molecule has 1 rings (SSSR count). The van der Waals surface area contributed by atoms with Crippen LogP contribution in [0, 0.1) is 0 Å². The molecular weight excluding hydrogens is 358 g/mol. The van der Waals surface area contributed by atoms with Crippen molar-refractivity contribution in [2.24, 2.45) is 0 Å². The summed E-state index contributed by atoms with van der Waals surface area (Å²) < 4.78 is 37.3. The molecule has 4 nitrogen and oxygen atoms in total. The molecule has 1 amide bonds. The molecule has 0 spiro atoms. The van der Waals surface area contributed by atoms with Crippen LogP contribution in [0.25, 0.3) is 0 Å². The summed E-state index contributed by atoms with van der Waals surface area (Å²) in [4.78, 5) is 21.5.